The first kappa shape index (κ1) is 18.3. The number of rotatable bonds is 3. The van der Waals surface area contributed by atoms with Crippen LogP contribution in [0.15, 0.2) is 36.7 Å². The number of carbonyl (C=O) groups is 1. The van der Waals surface area contributed by atoms with Crippen LogP contribution in [0.2, 0.25) is 10.0 Å². The summed E-state index contributed by atoms with van der Waals surface area (Å²) in [6, 6.07) is 7.21. The van der Waals surface area contributed by atoms with Crippen LogP contribution in [-0.2, 0) is 11.3 Å². The predicted octanol–water partition coefficient (Wildman–Crippen LogP) is 3.24. The van der Waals surface area contributed by atoms with Crippen LogP contribution < -0.4 is 5.73 Å². The van der Waals surface area contributed by atoms with E-state index in [-0.39, 0.29) is 5.91 Å². The number of nitrogens with zero attached hydrogens (tertiary/aromatic N) is 3. The third-order valence-corrected chi connectivity index (χ3v) is 5.24. The Morgan fingerprint density at radius 1 is 1.19 bits per heavy atom. The van der Waals surface area contributed by atoms with Gasteiger partial charge in [-0.05, 0) is 23.8 Å². The van der Waals surface area contributed by atoms with Crippen molar-refractivity contribution in [3.63, 3.8) is 0 Å². The Morgan fingerprint density at radius 2 is 1.96 bits per heavy atom. The first-order valence-electron chi connectivity index (χ1n) is 8.61. The fraction of sp³-hybridized carbons (Fsp3) is 0.263. The Kier molecular flexibility index (Phi) is 5.06. The largest absolute Gasteiger partial charge is 0.378 e. The highest BCUT2D eigenvalue weighted by Gasteiger charge is 2.22. The molecule has 1 fully saturated rings. The van der Waals surface area contributed by atoms with Crippen molar-refractivity contribution in [1.82, 2.24) is 14.3 Å². The first-order valence-corrected chi connectivity index (χ1v) is 9.36. The normalized spacial score (nSPS) is 14.7. The summed E-state index contributed by atoms with van der Waals surface area (Å²) in [5.41, 5.74) is 9.66. The topological polar surface area (TPSA) is 72.9 Å². The SMILES string of the molecule is NCc1cc2ncc(C(=O)N3CCOCC3)n2cc1-c1ccc(Cl)cc1Cl. The Bertz CT molecular complexity index is 1010. The summed E-state index contributed by atoms with van der Waals surface area (Å²) in [5.74, 6) is -0.0700. The Hall–Kier alpha value is -2.12. The fourth-order valence-corrected chi connectivity index (χ4v) is 3.78. The lowest BCUT2D eigenvalue weighted by Crippen LogP contribution is -2.41. The summed E-state index contributed by atoms with van der Waals surface area (Å²) in [5, 5.41) is 1.09. The summed E-state index contributed by atoms with van der Waals surface area (Å²) < 4.78 is 7.12. The molecule has 3 heterocycles. The molecule has 140 valence electrons. The van der Waals surface area contributed by atoms with Gasteiger partial charge in [0.05, 0.1) is 19.4 Å². The number of nitrogens with two attached hydrogens (primary N) is 1. The summed E-state index contributed by atoms with van der Waals surface area (Å²) in [7, 11) is 0. The number of carbonyl (C=O) groups excluding carboxylic acids is 1. The number of benzene rings is 1. The lowest BCUT2D eigenvalue weighted by atomic mass is 10.0. The van der Waals surface area contributed by atoms with Gasteiger partial charge in [0.25, 0.3) is 5.91 Å². The minimum absolute atomic E-state index is 0.0700. The zero-order chi connectivity index (χ0) is 19.0. The average molecular weight is 405 g/mol. The lowest BCUT2D eigenvalue weighted by molar-refractivity contribution is 0.0298. The van der Waals surface area contributed by atoms with Crippen LogP contribution >= 0.6 is 23.2 Å². The number of morpholine rings is 1. The maximum atomic E-state index is 12.9. The Labute approximate surface area is 166 Å². The second kappa shape index (κ2) is 7.48. The molecule has 2 aromatic heterocycles. The zero-order valence-electron chi connectivity index (χ0n) is 14.5. The molecule has 1 aliphatic rings. The highest BCUT2D eigenvalue weighted by atomic mass is 35.5. The van der Waals surface area contributed by atoms with Gasteiger partial charge in [-0.1, -0.05) is 29.3 Å². The second-order valence-electron chi connectivity index (χ2n) is 6.32. The van der Waals surface area contributed by atoms with Crippen LogP contribution in [0.3, 0.4) is 0 Å². The van der Waals surface area contributed by atoms with Gasteiger partial charge in [-0.2, -0.15) is 0 Å². The molecule has 1 aromatic carbocycles. The maximum Gasteiger partial charge on any atom is 0.272 e. The van der Waals surface area contributed by atoms with Crippen LogP contribution in [0.1, 0.15) is 16.1 Å². The van der Waals surface area contributed by atoms with Gasteiger partial charge in [0.2, 0.25) is 0 Å². The van der Waals surface area contributed by atoms with Crippen molar-refractivity contribution in [2.24, 2.45) is 5.73 Å². The minimum Gasteiger partial charge on any atom is -0.378 e. The van der Waals surface area contributed by atoms with E-state index in [1.807, 2.05) is 18.3 Å². The van der Waals surface area contributed by atoms with Gasteiger partial charge in [-0.3, -0.25) is 9.20 Å². The molecule has 0 bridgehead atoms. The Morgan fingerprint density at radius 3 is 2.67 bits per heavy atom. The molecule has 4 rings (SSSR count). The van der Waals surface area contributed by atoms with Gasteiger partial charge < -0.3 is 15.4 Å². The molecule has 0 radical (unpaired) electrons. The number of amides is 1. The minimum atomic E-state index is -0.0700. The number of pyridine rings is 1. The summed E-state index contributed by atoms with van der Waals surface area (Å²) in [6.07, 6.45) is 3.47. The molecule has 1 aliphatic heterocycles. The second-order valence-corrected chi connectivity index (χ2v) is 7.16. The van der Waals surface area contributed by atoms with Gasteiger partial charge in [0.15, 0.2) is 0 Å². The number of hydrogen-bond acceptors (Lipinski definition) is 4. The molecule has 0 unspecified atom stereocenters. The van der Waals surface area contributed by atoms with Crippen molar-refractivity contribution < 1.29 is 9.53 Å². The van der Waals surface area contributed by atoms with E-state index in [1.165, 1.54) is 0 Å². The molecule has 8 heteroatoms. The standard InChI is InChI=1S/C19H18Cl2N4O2/c20-13-1-2-14(16(21)8-13)15-11-25-17(10-23-18(25)7-12(15)9-22)19(26)24-3-5-27-6-4-24/h1-2,7-8,10-11H,3-6,9,22H2. The van der Waals surface area contributed by atoms with Crippen molar-refractivity contribution in [1.29, 1.82) is 0 Å². The molecule has 1 amide bonds. The van der Waals surface area contributed by atoms with Gasteiger partial charge in [0, 0.05) is 47.0 Å². The predicted molar refractivity (Wildman–Crippen MR) is 105 cm³/mol. The third kappa shape index (κ3) is 3.41. The monoisotopic (exact) mass is 404 g/mol. The van der Waals surface area contributed by atoms with Crippen molar-refractivity contribution >= 4 is 34.8 Å². The lowest BCUT2D eigenvalue weighted by Gasteiger charge is -2.26. The number of fused-ring (bicyclic) bond motifs is 1. The molecule has 0 atom stereocenters. The van der Waals surface area contributed by atoms with Crippen LogP contribution in [0.25, 0.3) is 16.8 Å². The molecule has 0 aliphatic carbocycles. The van der Waals surface area contributed by atoms with Crippen LogP contribution in [0.5, 0.6) is 0 Å². The van der Waals surface area contributed by atoms with Crippen molar-refractivity contribution in [3.05, 3.63) is 58.0 Å². The van der Waals surface area contributed by atoms with Gasteiger partial charge in [-0.25, -0.2) is 4.98 Å². The molecular weight excluding hydrogens is 387 g/mol. The number of ether oxygens (including phenoxy) is 1. The summed E-state index contributed by atoms with van der Waals surface area (Å²) in [4.78, 5) is 19.1. The third-order valence-electron chi connectivity index (χ3n) is 4.69. The fourth-order valence-electron chi connectivity index (χ4n) is 3.27. The van der Waals surface area contributed by atoms with Crippen molar-refractivity contribution in [2.75, 3.05) is 26.3 Å². The smallest absolute Gasteiger partial charge is 0.272 e. The van der Waals surface area contributed by atoms with E-state index in [0.717, 1.165) is 16.7 Å². The van der Waals surface area contributed by atoms with Crippen LogP contribution in [-0.4, -0.2) is 46.5 Å². The van der Waals surface area contributed by atoms with E-state index in [0.29, 0.717) is 54.2 Å². The van der Waals surface area contributed by atoms with Crippen molar-refractivity contribution in [2.45, 2.75) is 6.54 Å². The number of halogens is 2. The van der Waals surface area contributed by atoms with Crippen LogP contribution in [0.4, 0.5) is 0 Å². The molecule has 3 aromatic rings. The summed E-state index contributed by atoms with van der Waals surface area (Å²) in [6.45, 7) is 2.56. The number of hydrogen-bond donors (Lipinski definition) is 1. The van der Waals surface area contributed by atoms with Crippen LogP contribution in [0, 0.1) is 0 Å². The zero-order valence-corrected chi connectivity index (χ0v) is 16.0. The van der Waals surface area contributed by atoms with Gasteiger partial charge in [0.1, 0.15) is 11.3 Å². The number of aromatic nitrogens is 2. The van der Waals surface area contributed by atoms with Crippen molar-refractivity contribution in [3.8, 4) is 11.1 Å². The molecule has 6 nitrogen and oxygen atoms in total. The maximum absolute atomic E-state index is 12.9. The molecule has 2 N–H and O–H groups in total. The van der Waals surface area contributed by atoms with Gasteiger partial charge >= 0.3 is 0 Å². The van der Waals surface area contributed by atoms with E-state index in [1.54, 1.807) is 27.6 Å². The highest BCUT2D eigenvalue weighted by molar-refractivity contribution is 6.36. The van der Waals surface area contributed by atoms with E-state index >= 15 is 0 Å². The van der Waals surface area contributed by atoms with E-state index in [4.69, 9.17) is 33.7 Å². The molecule has 0 saturated carbocycles. The van der Waals surface area contributed by atoms with E-state index in [9.17, 15) is 4.79 Å². The molecule has 27 heavy (non-hydrogen) atoms. The first-order chi connectivity index (χ1) is 13.1. The van der Waals surface area contributed by atoms with E-state index in [2.05, 4.69) is 4.98 Å². The average Bonchev–Trinajstić information content (AvgIpc) is 3.10. The Balaban J connectivity index is 1.83. The molecular formula is C19H18Cl2N4O2. The van der Waals surface area contributed by atoms with E-state index < -0.39 is 0 Å². The van der Waals surface area contributed by atoms with Gasteiger partial charge in [-0.15, -0.1) is 0 Å². The quantitative estimate of drug-likeness (QED) is 0.726. The highest BCUT2D eigenvalue weighted by Crippen LogP contribution is 2.33. The summed E-state index contributed by atoms with van der Waals surface area (Å²) >= 11 is 12.4. The molecule has 1 saturated heterocycles. The molecule has 0 spiro atoms. The number of imidazole rings is 1.